The number of hydrogen-bond acceptors (Lipinski definition) is 6. The highest BCUT2D eigenvalue weighted by atomic mass is 19.4. The van der Waals surface area contributed by atoms with Gasteiger partial charge in [-0.05, 0) is 70.8 Å². The number of alkyl halides is 3. The van der Waals surface area contributed by atoms with Crippen LogP contribution in [0.5, 0.6) is 0 Å². The first-order valence-electron chi connectivity index (χ1n) is 10.3. The Morgan fingerprint density at radius 1 is 1.19 bits per heavy atom. The smallest absolute Gasteiger partial charge is 0.416 e. The molecule has 0 bridgehead atoms. The molecule has 8 nitrogen and oxygen atoms in total. The van der Waals surface area contributed by atoms with E-state index in [0.717, 1.165) is 38.1 Å². The van der Waals surface area contributed by atoms with Crippen molar-refractivity contribution in [2.45, 2.75) is 51.4 Å². The minimum atomic E-state index is -4.70. The molecule has 1 atom stereocenters. The summed E-state index contributed by atoms with van der Waals surface area (Å²) in [7, 11) is 0. The standard InChI is InChI=1S/C21H29F3N4O4/c1-20(2,3)32-19(31)28-15-5-4-13(21(22,23)24)10-14(15)18(30)27-11-16(29)17(25)12-6-8-26-9-7-12/h4-5,10,12,17,26H,6-9,11,25H2,1-3H3,(H,27,30)(H,28,31). The van der Waals surface area contributed by atoms with Crippen molar-refractivity contribution >= 4 is 23.5 Å². The molecule has 0 saturated carbocycles. The first-order chi connectivity index (χ1) is 14.8. The lowest BCUT2D eigenvalue weighted by atomic mass is 9.88. The van der Waals surface area contributed by atoms with Crippen LogP contribution in [0.3, 0.4) is 0 Å². The molecule has 11 heteroatoms. The van der Waals surface area contributed by atoms with Gasteiger partial charge in [-0.3, -0.25) is 14.9 Å². The lowest BCUT2D eigenvalue weighted by molar-refractivity contribution is -0.137. The molecule has 2 amide bonds. The van der Waals surface area contributed by atoms with E-state index in [9.17, 15) is 27.6 Å². The van der Waals surface area contributed by atoms with Gasteiger partial charge in [-0.15, -0.1) is 0 Å². The number of hydrogen-bond donors (Lipinski definition) is 4. The van der Waals surface area contributed by atoms with Crippen molar-refractivity contribution in [3.8, 4) is 0 Å². The number of ether oxygens (including phenoxy) is 1. The van der Waals surface area contributed by atoms with Crippen molar-refractivity contribution in [3.63, 3.8) is 0 Å². The SMILES string of the molecule is CC(C)(C)OC(=O)Nc1ccc(C(F)(F)F)cc1C(=O)NCC(=O)C(N)C1CCNCC1. The van der Waals surface area contributed by atoms with E-state index in [1.54, 1.807) is 20.8 Å². The van der Waals surface area contributed by atoms with Crippen molar-refractivity contribution in [1.82, 2.24) is 10.6 Å². The highest BCUT2D eigenvalue weighted by molar-refractivity contribution is 6.04. The van der Waals surface area contributed by atoms with Gasteiger partial charge in [-0.25, -0.2) is 4.79 Å². The van der Waals surface area contributed by atoms with Crippen LogP contribution >= 0.6 is 0 Å². The maximum Gasteiger partial charge on any atom is 0.416 e. The van der Waals surface area contributed by atoms with E-state index in [1.807, 2.05) is 0 Å². The molecule has 1 saturated heterocycles. The number of halogens is 3. The van der Waals surface area contributed by atoms with E-state index in [4.69, 9.17) is 10.5 Å². The number of nitrogens with one attached hydrogen (secondary N) is 3. The van der Waals surface area contributed by atoms with Crippen LogP contribution in [0.25, 0.3) is 0 Å². The van der Waals surface area contributed by atoms with Crippen molar-refractivity contribution in [2.75, 3.05) is 25.0 Å². The molecule has 5 N–H and O–H groups in total. The molecular formula is C21H29F3N4O4. The Hall–Kier alpha value is -2.66. The predicted molar refractivity (Wildman–Crippen MR) is 112 cm³/mol. The van der Waals surface area contributed by atoms with Gasteiger partial charge in [-0.1, -0.05) is 0 Å². The summed E-state index contributed by atoms with van der Waals surface area (Å²) >= 11 is 0. The van der Waals surface area contributed by atoms with Gasteiger partial charge < -0.3 is 21.1 Å². The lowest BCUT2D eigenvalue weighted by Gasteiger charge is -2.27. The molecule has 1 aliphatic heterocycles. The fourth-order valence-corrected chi connectivity index (χ4v) is 3.28. The molecule has 1 fully saturated rings. The Morgan fingerprint density at radius 2 is 1.81 bits per heavy atom. The molecule has 0 aromatic heterocycles. The van der Waals surface area contributed by atoms with E-state index in [-0.39, 0.29) is 11.6 Å². The highest BCUT2D eigenvalue weighted by Crippen LogP contribution is 2.32. The fourth-order valence-electron chi connectivity index (χ4n) is 3.28. The van der Waals surface area contributed by atoms with E-state index in [1.165, 1.54) is 0 Å². The molecule has 1 aromatic carbocycles. The number of piperidine rings is 1. The summed E-state index contributed by atoms with van der Waals surface area (Å²) in [5, 5.41) is 7.76. The Balaban J connectivity index is 2.15. The van der Waals surface area contributed by atoms with Crippen LogP contribution < -0.4 is 21.7 Å². The molecule has 0 radical (unpaired) electrons. The van der Waals surface area contributed by atoms with Crippen LogP contribution in [0.15, 0.2) is 18.2 Å². The number of carbonyl (C=O) groups excluding carboxylic acids is 3. The van der Waals surface area contributed by atoms with Gasteiger partial charge in [0.2, 0.25) is 0 Å². The zero-order valence-corrected chi connectivity index (χ0v) is 18.3. The predicted octanol–water partition coefficient (Wildman–Crippen LogP) is 2.68. The highest BCUT2D eigenvalue weighted by Gasteiger charge is 2.32. The number of rotatable bonds is 6. The number of anilines is 1. The minimum Gasteiger partial charge on any atom is -0.444 e. The Morgan fingerprint density at radius 3 is 2.38 bits per heavy atom. The summed E-state index contributed by atoms with van der Waals surface area (Å²) in [6.45, 7) is 5.88. The van der Waals surface area contributed by atoms with Crippen LogP contribution in [0, 0.1) is 5.92 Å². The summed E-state index contributed by atoms with van der Waals surface area (Å²) in [4.78, 5) is 37.1. The summed E-state index contributed by atoms with van der Waals surface area (Å²) < 4.78 is 44.6. The number of amides is 2. The molecule has 0 spiro atoms. The van der Waals surface area contributed by atoms with Crippen LogP contribution in [-0.4, -0.2) is 49.1 Å². The molecule has 1 aromatic rings. The maximum atomic E-state index is 13.2. The van der Waals surface area contributed by atoms with Crippen molar-refractivity contribution in [2.24, 2.45) is 11.7 Å². The first kappa shape index (κ1) is 25.6. The largest absolute Gasteiger partial charge is 0.444 e. The molecule has 1 heterocycles. The van der Waals surface area contributed by atoms with Gasteiger partial charge in [0.1, 0.15) is 5.60 Å². The third-order valence-corrected chi connectivity index (χ3v) is 4.91. The van der Waals surface area contributed by atoms with Crippen LogP contribution in [0.1, 0.15) is 49.5 Å². The second-order valence-electron chi connectivity index (χ2n) is 8.65. The van der Waals surface area contributed by atoms with Gasteiger partial charge >= 0.3 is 12.3 Å². The molecular weight excluding hydrogens is 429 g/mol. The van der Waals surface area contributed by atoms with Gasteiger partial charge in [0.15, 0.2) is 5.78 Å². The van der Waals surface area contributed by atoms with Crippen molar-refractivity contribution in [1.29, 1.82) is 0 Å². The third kappa shape index (κ3) is 7.49. The van der Waals surface area contributed by atoms with Crippen LogP contribution in [-0.2, 0) is 15.7 Å². The molecule has 32 heavy (non-hydrogen) atoms. The average molecular weight is 458 g/mol. The van der Waals surface area contributed by atoms with E-state index < -0.39 is 53.3 Å². The summed E-state index contributed by atoms with van der Waals surface area (Å²) in [5.41, 5.74) is 3.45. The fraction of sp³-hybridized carbons (Fsp3) is 0.571. The van der Waals surface area contributed by atoms with E-state index in [2.05, 4.69) is 16.0 Å². The quantitative estimate of drug-likeness (QED) is 0.520. The zero-order chi connectivity index (χ0) is 24.1. The molecule has 0 aliphatic carbocycles. The summed E-state index contributed by atoms with van der Waals surface area (Å²) in [5.74, 6) is -1.40. The maximum absolute atomic E-state index is 13.2. The zero-order valence-electron chi connectivity index (χ0n) is 18.3. The number of carbonyl (C=O) groups is 3. The first-order valence-corrected chi connectivity index (χ1v) is 10.3. The Labute approximate surface area is 184 Å². The monoisotopic (exact) mass is 458 g/mol. The van der Waals surface area contributed by atoms with Crippen molar-refractivity contribution in [3.05, 3.63) is 29.3 Å². The molecule has 1 unspecified atom stereocenters. The van der Waals surface area contributed by atoms with E-state index >= 15 is 0 Å². The number of nitrogens with two attached hydrogens (primary N) is 1. The third-order valence-electron chi connectivity index (χ3n) is 4.91. The van der Waals surface area contributed by atoms with E-state index in [0.29, 0.717) is 6.07 Å². The van der Waals surface area contributed by atoms with Gasteiger partial charge in [0.05, 0.1) is 29.4 Å². The number of Topliss-reactive ketones (excluding diaryl/α,β-unsaturated/α-hetero) is 1. The topological polar surface area (TPSA) is 123 Å². The summed E-state index contributed by atoms with van der Waals surface area (Å²) in [6.07, 6.45) is -4.20. The molecule has 2 rings (SSSR count). The van der Waals surface area contributed by atoms with Gasteiger partial charge in [0, 0.05) is 0 Å². The minimum absolute atomic E-state index is 0.0291. The Kier molecular flexibility index (Phi) is 8.24. The van der Waals surface area contributed by atoms with Crippen LogP contribution in [0.4, 0.5) is 23.7 Å². The molecule has 1 aliphatic rings. The normalized spacial score (nSPS) is 16.2. The summed E-state index contributed by atoms with van der Waals surface area (Å²) in [6, 6.07) is 1.53. The number of ketones is 1. The second-order valence-corrected chi connectivity index (χ2v) is 8.65. The molecule has 178 valence electrons. The lowest BCUT2D eigenvalue weighted by Crippen LogP contribution is -2.47. The van der Waals surface area contributed by atoms with Crippen LogP contribution in [0.2, 0.25) is 0 Å². The Bertz CT molecular complexity index is 846. The number of benzene rings is 1. The average Bonchev–Trinajstić information content (AvgIpc) is 2.69. The second kappa shape index (κ2) is 10.3. The van der Waals surface area contributed by atoms with Gasteiger partial charge in [0.25, 0.3) is 5.91 Å². The van der Waals surface area contributed by atoms with Crippen molar-refractivity contribution < 1.29 is 32.3 Å². The van der Waals surface area contributed by atoms with Gasteiger partial charge in [-0.2, -0.15) is 13.2 Å².